The summed E-state index contributed by atoms with van der Waals surface area (Å²) in [6, 6.07) is 3.61. The molecule has 2 atom stereocenters. The van der Waals surface area contributed by atoms with Crippen molar-refractivity contribution < 1.29 is 9.90 Å². The fourth-order valence-electron chi connectivity index (χ4n) is 2.43. The van der Waals surface area contributed by atoms with Crippen molar-refractivity contribution in [3.8, 4) is 0 Å². The highest BCUT2D eigenvalue weighted by Crippen LogP contribution is 2.30. The predicted octanol–water partition coefficient (Wildman–Crippen LogP) is 2.78. The number of hydrogen-bond donors (Lipinski definition) is 2. The zero-order valence-corrected chi connectivity index (χ0v) is 11.5. The summed E-state index contributed by atoms with van der Waals surface area (Å²) in [6.07, 6.45) is 5.69. The molecule has 2 rings (SSSR count). The van der Waals surface area contributed by atoms with Gasteiger partial charge in [0, 0.05) is 17.0 Å². The number of anilines is 1. The fraction of sp³-hybridized carbons (Fsp3) is 0.538. The number of carboxylic acids is 1. The van der Waals surface area contributed by atoms with Crippen LogP contribution in [0.2, 0.25) is 0 Å². The normalized spacial score (nSPS) is 23.0. The molecule has 1 fully saturated rings. The molecular weight excluding hydrogens is 248 g/mol. The third-order valence-corrected chi connectivity index (χ3v) is 4.46. The minimum Gasteiger partial charge on any atom is -0.478 e. The SMILES string of the molecule is CSC1CCCC1Nc1cc(C(=O)O)cc(C)n1. The van der Waals surface area contributed by atoms with Gasteiger partial charge < -0.3 is 10.4 Å². The Morgan fingerprint density at radius 1 is 1.50 bits per heavy atom. The molecule has 1 aromatic rings. The van der Waals surface area contributed by atoms with Crippen LogP contribution in [-0.4, -0.2) is 33.6 Å². The van der Waals surface area contributed by atoms with Gasteiger partial charge in [0.1, 0.15) is 5.82 Å². The van der Waals surface area contributed by atoms with Gasteiger partial charge in [0.2, 0.25) is 0 Å². The molecule has 5 heteroatoms. The lowest BCUT2D eigenvalue weighted by Crippen LogP contribution is -2.26. The minimum absolute atomic E-state index is 0.295. The Labute approximate surface area is 111 Å². The third-order valence-electron chi connectivity index (χ3n) is 3.29. The van der Waals surface area contributed by atoms with E-state index in [-0.39, 0.29) is 0 Å². The number of carboxylic acid groups (broad SMARTS) is 1. The molecule has 2 N–H and O–H groups in total. The summed E-state index contributed by atoms with van der Waals surface area (Å²) in [5.74, 6) is -0.227. The molecule has 2 unspecified atom stereocenters. The number of aryl methyl sites for hydroxylation is 1. The monoisotopic (exact) mass is 266 g/mol. The second-order valence-corrected chi connectivity index (χ2v) is 5.72. The lowest BCUT2D eigenvalue weighted by Gasteiger charge is -2.20. The van der Waals surface area contributed by atoms with Gasteiger partial charge in [-0.2, -0.15) is 11.8 Å². The Morgan fingerprint density at radius 2 is 2.28 bits per heavy atom. The van der Waals surface area contributed by atoms with E-state index >= 15 is 0 Å². The van der Waals surface area contributed by atoms with E-state index in [0.29, 0.717) is 22.7 Å². The van der Waals surface area contributed by atoms with E-state index < -0.39 is 5.97 Å². The number of aromatic carboxylic acids is 1. The number of carbonyl (C=O) groups is 1. The molecule has 0 aliphatic heterocycles. The first-order valence-electron chi connectivity index (χ1n) is 6.11. The molecule has 0 spiro atoms. The van der Waals surface area contributed by atoms with Crippen LogP contribution < -0.4 is 5.32 Å². The van der Waals surface area contributed by atoms with Gasteiger partial charge in [-0.1, -0.05) is 6.42 Å². The lowest BCUT2D eigenvalue weighted by atomic mass is 10.2. The predicted molar refractivity (Wildman–Crippen MR) is 74.5 cm³/mol. The summed E-state index contributed by atoms with van der Waals surface area (Å²) < 4.78 is 0. The molecule has 1 aromatic heterocycles. The average molecular weight is 266 g/mol. The first-order valence-corrected chi connectivity index (χ1v) is 7.40. The summed E-state index contributed by atoms with van der Waals surface area (Å²) in [7, 11) is 0. The summed E-state index contributed by atoms with van der Waals surface area (Å²) in [5, 5.41) is 13.0. The second kappa shape index (κ2) is 5.61. The summed E-state index contributed by atoms with van der Waals surface area (Å²) in [4.78, 5) is 15.4. The number of pyridine rings is 1. The smallest absolute Gasteiger partial charge is 0.335 e. The van der Waals surface area contributed by atoms with Gasteiger partial charge in [-0.15, -0.1) is 0 Å². The Kier molecular flexibility index (Phi) is 4.11. The highest BCUT2D eigenvalue weighted by Gasteiger charge is 2.26. The van der Waals surface area contributed by atoms with Crippen molar-refractivity contribution in [2.75, 3.05) is 11.6 Å². The molecule has 4 nitrogen and oxygen atoms in total. The van der Waals surface area contributed by atoms with Gasteiger partial charge in [0.25, 0.3) is 0 Å². The van der Waals surface area contributed by atoms with Crippen molar-refractivity contribution in [3.05, 3.63) is 23.4 Å². The summed E-state index contributed by atoms with van der Waals surface area (Å²) in [6.45, 7) is 1.82. The van der Waals surface area contributed by atoms with E-state index in [9.17, 15) is 4.79 Å². The minimum atomic E-state index is -0.906. The van der Waals surface area contributed by atoms with Crippen LogP contribution in [0.15, 0.2) is 12.1 Å². The first kappa shape index (κ1) is 13.2. The number of thioether (sulfide) groups is 1. The topological polar surface area (TPSA) is 62.2 Å². The highest BCUT2D eigenvalue weighted by atomic mass is 32.2. The van der Waals surface area contributed by atoms with Gasteiger partial charge in [0.05, 0.1) is 5.56 Å². The first-order chi connectivity index (χ1) is 8.60. The lowest BCUT2D eigenvalue weighted by molar-refractivity contribution is 0.0696. The quantitative estimate of drug-likeness (QED) is 0.877. The maximum atomic E-state index is 11.0. The van der Waals surface area contributed by atoms with Gasteiger partial charge in [-0.3, -0.25) is 0 Å². The molecular formula is C13H18N2O2S. The van der Waals surface area contributed by atoms with Crippen LogP contribution in [-0.2, 0) is 0 Å². The molecule has 1 saturated carbocycles. The van der Waals surface area contributed by atoms with Crippen LogP contribution in [0.5, 0.6) is 0 Å². The van der Waals surface area contributed by atoms with Crippen LogP contribution >= 0.6 is 11.8 Å². The maximum Gasteiger partial charge on any atom is 0.335 e. The number of rotatable bonds is 4. The van der Waals surface area contributed by atoms with Crippen molar-refractivity contribution in [2.45, 2.75) is 37.5 Å². The van der Waals surface area contributed by atoms with Crippen molar-refractivity contribution in [1.82, 2.24) is 4.98 Å². The number of hydrogen-bond acceptors (Lipinski definition) is 4. The van der Waals surface area contributed by atoms with Crippen molar-refractivity contribution in [1.29, 1.82) is 0 Å². The molecule has 1 aliphatic rings. The Balaban J connectivity index is 2.16. The Bertz CT molecular complexity index is 451. The second-order valence-electron chi connectivity index (χ2n) is 4.64. The van der Waals surface area contributed by atoms with Gasteiger partial charge >= 0.3 is 5.97 Å². The van der Waals surface area contributed by atoms with Crippen molar-refractivity contribution in [3.63, 3.8) is 0 Å². The highest BCUT2D eigenvalue weighted by molar-refractivity contribution is 7.99. The van der Waals surface area contributed by atoms with Crippen molar-refractivity contribution >= 4 is 23.5 Å². The zero-order chi connectivity index (χ0) is 13.1. The number of nitrogens with one attached hydrogen (secondary N) is 1. The molecule has 0 radical (unpaired) electrons. The fourth-order valence-corrected chi connectivity index (χ4v) is 3.36. The van der Waals surface area contributed by atoms with Crippen molar-refractivity contribution in [2.24, 2.45) is 0 Å². The largest absolute Gasteiger partial charge is 0.478 e. The van der Waals surface area contributed by atoms with E-state index in [1.165, 1.54) is 12.8 Å². The molecule has 1 aliphatic carbocycles. The van der Waals surface area contributed by atoms with Crippen LogP contribution in [0, 0.1) is 6.92 Å². The van der Waals surface area contributed by atoms with Gasteiger partial charge in [-0.25, -0.2) is 9.78 Å². The zero-order valence-electron chi connectivity index (χ0n) is 10.6. The summed E-state index contributed by atoms with van der Waals surface area (Å²) in [5.41, 5.74) is 1.03. The Hall–Kier alpha value is -1.23. The molecule has 0 aromatic carbocycles. The van der Waals surface area contributed by atoms with E-state index in [4.69, 9.17) is 5.11 Å². The standard InChI is InChI=1S/C13H18N2O2S/c1-8-6-9(13(16)17)7-12(14-8)15-10-4-3-5-11(10)18-2/h6-7,10-11H,3-5H2,1-2H3,(H,14,15)(H,16,17). The molecule has 1 heterocycles. The van der Waals surface area contributed by atoms with E-state index in [1.807, 2.05) is 18.7 Å². The van der Waals surface area contributed by atoms with Crippen LogP contribution in [0.4, 0.5) is 5.82 Å². The van der Waals surface area contributed by atoms with Gasteiger partial charge in [0.15, 0.2) is 0 Å². The maximum absolute atomic E-state index is 11.0. The van der Waals surface area contributed by atoms with Gasteiger partial charge in [-0.05, 0) is 38.2 Å². The number of aromatic nitrogens is 1. The van der Waals surface area contributed by atoms with Crippen LogP contribution in [0.1, 0.15) is 35.3 Å². The molecule has 18 heavy (non-hydrogen) atoms. The molecule has 0 saturated heterocycles. The van der Waals surface area contributed by atoms with E-state index in [2.05, 4.69) is 16.6 Å². The molecule has 0 amide bonds. The third kappa shape index (κ3) is 2.96. The molecule has 98 valence electrons. The average Bonchev–Trinajstić information content (AvgIpc) is 2.75. The summed E-state index contributed by atoms with van der Waals surface area (Å²) >= 11 is 1.87. The number of nitrogens with zero attached hydrogens (tertiary/aromatic N) is 1. The van der Waals surface area contributed by atoms with Crippen LogP contribution in [0.3, 0.4) is 0 Å². The Morgan fingerprint density at radius 3 is 2.94 bits per heavy atom. The van der Waals surface area contributed by atoms with Crippen LogP contribution in [0.25, 0.3) is 0 Å². The molecule has 0 bridgehead atoms. The van der Waals surface area contributed by atoms with E-state index in [1.54, 1.807) is 12.1 Å². The van der Waals surface area contributed by atoms with E-state index in [0.717, 1.165) is 12.1 Å².